The third-order valence-electron chi connectivity index (χ3n) is 4.32. The molecule has 0 unspecified atom stereocenters. The Morgan fingerprint density at radius 3 is 2.40 bits per heavy atom. The first-order chi connectivity index (χ1) is 9.52. The average molecular weight is 278 g/mol. The van der Waals surface area contributed by atoms with Crippen molar-refractivity contribution in [1.82, 2.24) is 10.1 Å². The lowest BCUT2D eigenvalue weighted by Gasteiger charge is -2.27. The van der Waals surface area contributed by atoms with Crippen molar-refractivity contribution >= 4 is 5.91 Å². The third kappa shape index (κ3) is 3.05. The normalized spacial score (nSPS) is 17.2. The monoisotopic (exact) mass is 278 g/mol. The standard InChI is InChI=1S/C16H26N2O2/c1-11(2)15-14(12(3)17-20-15)16(19)18(4)13-9-7-5-6-8-10-13/h11,13H,5-10H2,1-4H3. The molecule has 1 heterocycles. The summed E-state index contributed by atoms with van der Waals surface area (Å²) < 4.78 is 5.34. The number of aryl methyl sites for hydroxylation is 1. The molecule has 1 amide bonds. The summed E-state index contributed by atoms with van der Waals surface area (Å²) in [6.07, 6.45) is 7.27. The zero-order chi connectivity index (χ0) is 14.7. The van der Waals surface area contributed by atoms with Gasteiger partial charge >= 0.3 is 0 Å². The van der Waals surface area contributed by atoms with Gasteiger partial charge in [0.2, 0.25) is 0 Å². The first kappa shape index (κ1) is 15.1. The van der Waals surface area contributed by atoms with E-state index < -0.39 is 0 Å². The topological polar surface area (TPSA) is 46.3 Å². The number of hydrogen-bond acceptors (Lipinski definition) is 3. The van der Waals surface area contributed by atoms with Gasteiger partial charge in [-0.1, -0.05) is 44.7 Å². The molecule has 1 fully saturated rings. The number of rotatable bonds is 3. The minimum Gasteiger partial charge on any atom is -0.360 e. The van der Waals surface area contributed by atoms with Gasteiger partial charge in [-0.25, -0.2) is 0 Å². The summed E-state index contributed by atoms with van der Waals surface area (Å²) in [7, 11) is 1.93. The van der Waals surface area contributed by atoms with Crippen LogP contribution in [0.5, 0.6) is 0 Å². The van der Waals surface area contributed by atoms with E-state index in [-0.39, 0.29) is 11.8 Å². The predicted octanol–water partition coefficient (Wildman–Crippen LogP) is 3.90. The van der Waals surface area contributed by atoms with Crippen LogP contribution in [0.3, 0.4) is 0 Å². The molecule has 4 heteroatoms. The van der Waals surface area contributed by atoms with E-state index in [1.807, 2.05) is 32.7 Å². The fourth-order valence-electron chi connectivity index (χ4n) is 3.03. The van der Waals surface area contributed by atoms with Crippen molar-refractivity contribution in [2.45, 2.75) is 71.3 Å². The van der Waals surface area contributed by atoms with Crippen LogP contribution in [0.25, 0.3) is 0 Å². The molecule has 1 aliphatic rings. The molecule has 1 aromatic rings. The van der Waals surface area contributed by atoms with Crippen LogP contribution >= 0.6 is 0 Å². The maximum absolute atomic E-state index is 12.8. The number of aromatic nitrogens is 1. The van der Waals surface area contributed by atoms with E-state index in [2.05, 4.69) is 5.16 Å². The summed E-state index contributed by atoms with van der Waals surface area (Å²) in [5.41, 5.74) is 1.38. The highest BCUT2D eigenvalue weighted by Crippen LogP contribution is 2.27. The lowest BCUT2D eigenvalue weighted by Crippen LogP contribution is -2.37. The van der Waals surface area contributed by atoms with Gasteiger partial charge in [-0.2, -0.15) is 0 Å². The van der Waals surface area contributed by atoms with Crippen LogP contribution in [-0.2, 0) is 0 Å². The molecular formula is C16H26N2O2. The maximum Gasteiger partial charge on any atom is 0.259 e. The Labute approximate surface area is 121 Å². The van der Waals surface area contributed by atoms with E-state index in [9.17, 15) is 4.79 Å². The Kier molecular flexibility index (Phi) is 4.84. The summed E-state index contributed by atoms with van der Waals surface area (Å²) in [6.45, 7) is 5.91. The molecular weight excluding hydrogens is 252 g/mol. The van der Waals surface area contributed by atoms with Crippen LogP contribution in [0, 0.1) is 6.92 Å². The summed E-state index contributed by atoms with van der Waals surface area (Å²) >= 11 is 0. The van der Waals surface area contributed by atoms with Gasteiger partial charge in [0.25, 0.3) is 5.91 Å². The second kappa shape index (κ2) is 6.42. The lowest BCUT2D eigenvalue weighted by atomic mass is 10.0. The predicted molar refractivity (Wildman–Crippen MR) is 78.9 cm³/mol. The van der Waals surface area contributed by atoms with Crippen LogP contribution in [0.15, 0.2) is 4.52 Å². The van der Waals surface area contributed by atoms with Crippen LogP contribution in [0.4, 0.5) is 0 Å². The molecule has 0 aromatic carbocycles. The molecule has 4 nitrogen and oxygen atoms in total. The molecule has 112 valence electrons. The minimum absolute atomic E-state index is 0.0688. The van der Waals surface area contributed by atoms with Crippen molar-refractivity contribution in [2.24, 2.45) is 0 Å². The molecule has 2 rings (SSSR count). The highest BCUT2D eigenvalue weighted by molar-refractivity contribution is 5.96. The van der Waals surface area contributed by atoms with E-state index in [4.69, 9.17) is 4.52 Å². The van der Waals surface area contributed by atoms with Crippen LogP contribution in [0.1, 0.15) is 80.1 Å². The average Bonchev–Trinajstić information content (AvgIpc) is 2.65. The zero-order valence-electron chi connectivity index (χ0n) is 13.1. The van der Waals surface area contributed by atoms with E-state index in [1.54, 1.807) is 0 Å². The fraction of sp³-hybridized carbons (Fsp3) is 0.750. The van der Waals surface area contributed by atoms with E-state index in [0.717, 1.165) is 12.8 Å². The minimum atomic E-state index is 0.0688. The molecule has 20 heavy (non-hydrogen) atoms. The summed E-state index contributed by atoms with van der Waals surface area (Å²) in [4.78, 5) is 14.7. The van der Waals surface area contributed by atoms with Gasteiger partial charge < -0.3 is 9.42 Å². The summed E-state index contributed by atoms with van der Waals surface area (Å²) in [5.74, 6) is 0.963. The Morgan fingerprint density at radius 2 is 1.85 bits per heavy atom. The van der Waals surface area contributed by atoms with Crippen LogP contribution in [-0.4, -0.2) is 29.1 Å². The second-order valence-corrected chi connectivity index (χ2v) is 6.22. The molecule has 0 aliphatic heterocycles. The zero-order valence-corrected chi connectivity index (χ0v) is 13.1. The van der Waals surface area contributed by atoms with Crippen LogP contribution in [0.2, 0.25) is 0 Å². The van der Waals surface area contributed by atoms with E-state index in [0.29, 0.717) is 23.1 Å². The van der Waals surface area contributed by atoms with Gasteiger partial charge in [0, 0.05) is 19.0 Å². The van der Waals surface area contributed by atoms with Crippen molar-refractivity contribution in [3.8, 4) is 0 Å². The molecule has 1 saturated carbocycles. The smallest absolute Gasteiger partial charge is 0.259 e. The Balaban J connectivity index is 2.19. The molecule has 0 spiro atoms. The highest BCUT2D eigenvalue weighted by atomic mass is 16.5. The van der Waals surface area contributed by atoms with E-state index >= 15 is 0 Å². The number of nitrogens with zero attached hydrogens (tertiary/aromatic N) is 2. The van der Waals surface area contributed by atoms with E-state index in [1.165, 1.54) is 25.7 Å². The van der Waals surface area contributed by atoms with Crippen molar-refractivity contribution in [3.63, 3.8) is 0 Å². The Bertz CT molecular complexity index is 457. The summed E-state index contributed by atoms with van der Waals surface area (Å²) in [6, 6.07) is 0.360. The van der Waals surface area contributed by atoms with Gasteiger partial charge in [-0.05, 0) is 19.8 Å². The van der Waals surface area contributed by atoms with Gasteiger partial charge in [0.15, 0.2) is 5.76 Å². The molecule has 0 radical (unpaired) electrons. The quantitative estimate of drug-likeness (QED) is 0.788. The molecule has 1 aliphatic carbocycles. The van der Waals surface area contributed by atoms with Gasteiger partial charge in [0.05, 0.1) is 5.69 Å². The molecule has 0 atom stereocenters. The fourth-order valence-corrected chi connectivity index (χ4v) is 3.03. The number of hydrogen-bond donors (Lipinski definition) is 0. The molecule has 0 saturated heterocycles. The van der Waals surface area contributed by atoms with Crippen molar-refractivity contribution in [1.29, 1.82) is 0 Å². The first-order valence-electron chi connectivity index (χ1n) is 7.75. The van der Waals surface area contributed by atoms with Crippen molar-refractivity contribution in [2.75, 3.05) is 7.05 Å². The first-order valence-corrected chi connectivity index (χ1v) is 7.75. The molecule has 0 bridgehead atoms. The highest BCUT2D eigenvalue weighted by Gasteiger charge is 2.28. The van der Waals surface area contributed by atoms with Gasteiger partial charge in [0.1, 0.15) is 5.56 Å². The largest absolute Gasteiger partial charge is 0.360 e. The number of carbonyl (C=O) groups is 1. The number of carbonyl (C=O) groups excluding carboxylic acids is 1. The van der Waals surface area contributed by atoms with Crippen LogP contribution < -0.4 is 0 Å². The SMILES string of the molecule is Cc1noc(C(C)C)c1C(=O)N(C)C1CCCCCC1. The van der Waals surface area contributed by atoms with Crippen molar-refractivity contribution in [3.05, 3.63) is 17.0 Å². The van der Waals surface area contributed by atoms with Gasteiger partial charge in [-0.15, -0.1) is 0 Å². The molecule has 1 aromatic heterocycles. The Hall–Kier alpha value is -1.32. The third-order valence-corrected chi connectivity index (χ3v) is 4.32. The second-order valence-electron chi connectivity index (χ2n) is 6.22. The van der Waals surface area contributed by atoms with Crippen molar-refractivity contribution < 1.29 is 9.32 Å². The lowest BCUT2D eigenvalue weighted by molar-refractivity contribution is 0.0714. The molecule has 0 N–H and O–H groups in total. The summed E-state index contributed by atoms with van der Waals surface area (Å²) in [5, 5.41) is 3.98. The maximum atomic E-state index is 12.8. The Morgan fingerprint density at radius 1 is 1.25 bits per heavy atom. The van der Waals surface area contributed by atoms with Gasteiger partial charge in [-0.3, -0.25) is 4.79 Å². The number of amides is 1.